The maximum Gasteiger partial charge on any atom is 0.364 e. The second-order valence-corrected chi connectivity index (χ2v) is 5.99. The summed E-state index contributed by atoms with van der Waals surface area (Å²) in [7, 11) is 1.41. The molecule has 1 saturated carbocycles. The van der Waals surface area contributed by atoms with Gasteiger partial charge in [0.1, 0.15) is 5.39 Å². The van der Waals surface area contributed by atoms with Gasteiger partial charge in [0, 0.05) is 5.56 Å². The Labute approximate surface area is 136 Å². The maximum atomic E-state index is 12.2. The Morgan fingerprint density at radius 1 is 1.25 bits per heavy atom. The van der Waals surface area contributed by atoms with E-state index in [0.717, 1.165) is 25.7 Å². The molecular weight excluding hydrogens is 314 g/mol. The number of hydrogen-bond acceptors (Lipinski definition) is 6. The molecule has 0 aliphatic heterocycles. The van der Waals surface area contributed by atoms with Crippen LogP contribution in [0.25, 0.3) is 11.1 Å². The topological polar surface area (TPSA) is 118 Å². The van der Waals surface area contributed by atoms with Gasteiger partial charge >= 0.3 is 11.3 Å². The molecular formula is C16H19N3O5. The fraction of sp³-hybridized carbons (Fsp3) is 0.500. The quantitative estimate of drug-likeness (QED) is 0.636. The minimum Gasteiger partial charge on any atom is -0.486 e. The zero-order valence-electron chi connectivity index (χ0n) is 13.4. The minimum absolute atomic E-state index is 0.0416. The van der Waals surface area contributed by atoms with Crippen molar-refractivity contribution in [2.75, 3.05) is 7.11 Å². The van der Waals surface area contributed by atoms with Crippen LogP contribution in [0.15, 0.2) is 23.8 Å². The monoisotopic (exact) mass is 333 g/mol. The standard InChI is InChI=1S/C16H19N3O5/c1-23-8-17-12-10(7-6-9-4-2-3-5-9)11-13(20)18-16(22)19-14(11)24-15(12)21/h8-9H,2-7H2,1H3,(H2,18,19,20,22). The van der Waals surface area contributed by atoms with E-state index >= 15 is 0 Å². The van der Waals surface area contributed by atoms with Crippen LogP contribution in [-0.4, -0.2) is 23.5 Å². The summed E-state index contributed by atoms with van der Waals surface area (Å²) in [5.74, 6) is 0.577. The zero-order chi connectivity index (χ0) is 17.1. The Morgan fingerprint density at radius 3 is 2.71 bits per heavy atom. The van der Waals surface area contributed by atoms with Crippen molar-refractivity contribution >= 4 is 23.2 Å². The smallest absolute Gasteiger partial charge is 0.364 e. The van der Waals surface area contributed by atoms with E-state index in [4.69, 9.17) is 9.15 Å². The number of aliphatic imine (C=N–C) groups is 1. The number of aryl methyl sites for hydroxylation is 1. The van der Waals surface area contributed by atoms with Crippen molar-refractivity contribution in [1.29, 1.82) is 0 Å². The molecule has 0 amide bonds. The van der Waals surface area contributed by atoms with Gasteiger partial charge in [-0.3, -0.25) is 14.8 Å². The van der Waals surface area contributed by atoms with Crippen LogP contribution in [0.2, 0.25) is 0 Å². The number of nitrogens with one attached hydrogen (secondary N) is 2. The summed E-state index contributed by atoms with van der Waals surface area (Å²) in [4.78, 5) is 44.4. The predicted molar refractivity (Wildman–Crippen MR) is 89.2 cm³/mol. The summed E-state index contributed by atoms with van der Waals surface area (Å²) in [6.07, 6.45) is 7.23. The van der Waals surface area contributed by atoms with Crippen LogP contribution in [0.4, 0.5) is 5.69 Å². The molecule has 2 heterocycles. The Morgan fingerprint density at radius 2 is 2.00 bits per heavy atom. The third kappa shape index (κ3) is 3.17. The van der Waals surface area contributed by atoms with E-state index in [1.54, 1.807) is 0 Å². The first-order chi connectivity index (χ1) is 11.6. The van der Waals surface area contributed by atoms with Gasteiger partial charge in [-0.05, 0) is 18.8 Å². The first-order valence-electron chi connectivity index (χ1n) is 7.97. The lowest BCUT2D eigenvalue weighted by molar-refractivity contribution is 0.422. The zero-order valence-corrected chi connectivity index (χ0v) is 13.4. The molecule has 3 rings (SSSR count). The SMILES string of the molecule is COC=Nc1c(CCC2CCCC2)c2c(=O)[nH]c(=O)[nH]c2oc1=O. The second-order valence-electron chi connectivity index (χ2n) is 5.99. The number of ether oxygens (including phenoxy) is 1. The molecule has 0 spiro atoms. The summed E-state index contributed by atoms with van der Waals surface area (Å²) in [5.41, 5.74) is -1.61. The molecule has 0 bridgehead atoms. The molecule has 1 fully saturated rings. The predicted octanol–water partition coefficient (Wildman–Crippen LogP) is 1.60. The first kappa shape index (κ1) is 16.2. The Balaban J connectivity index is 2.15. The van der Waals surface area contributed by atoms with Crippen LogP contribution < -0.4 is 16.9 Å². The number of H-pyrrole nitrogens is 2. The number of aromatic nitrogens is 2. The van der Waals surface area contributed by atoms with Crippen LogP contribution in [0, 0.1) is 5.92 Å². The van der Waals surface area contributed by atoms with Gasteiger partial charge in [-0.15, -0.1) is 0 Å². The molecule has 0 unspecified atom stereocenters. The molecule has 2 aromatic heterocycles. The maximum absolute atomic E-state index is 12.2. The van der Waals surface area contributed by atoms with Gasteiger partial charge in [0.05, 0.1) is 7.11 Å². The molecule has 0 saturated heterocycles. The van der Waals surface area contributed by atoms with Gasteiger partial charge in [0.15, 0.2) is 12.1 Å². The molecule has 2 N–H and O–H groups in total. The molecule has 1 aliphatic carbocycles. The molecule has 128 valence electrons. The molecule has 0 atom stereocenters. The summed E-state index contributed by atoms with van der Waals surface area (Å²) in [6.45, 7) is 0. The number of hydrogen-bond donors (Lipinski definition) is 2. The van der Waals surface area contributed by atoms with E-state index in [9.17, 15) is 14.4 Å². The van der Waals surface area contributed by atoms with Gasteiger partial charge in [-0.1, -0.05) is 25.7 Å². The molecule has 24 heavy (non-hydrogen) atoms. The largest absolute Gasteiger partial charge is 0.486 e. The van der Waals surface area contributed by atoms with Crippen LogP contribution >= 0.6 is 0 Å². The highest BCUT2D eigenvalue weighted by Crippen LogP contribution is 2.31. The minimum atomic E-state index is -0.717. The number of nitrogens with zero attached hydrogens (tertiary/aromatic N) is 1. The van der Waals surface area contributed by atoms with Gasteiger partial charge in [-0.2, -0.15) is 0 Å². The lowest BCUT2D eigenvalue weighted by atomic mass is 9.96. The number of methoxy groups -OCH3 is 1. The van der Waals surface area contributed by atoms with Gasteiger partial charge in [-0.25, -0.2) is 14.6 Å². The Kier molecular flexibility index (Phi) is 4.64. The molecule has 1 aliphatic rings. The van der Waals surface area contributed by atoms with Crippen molar-refractivity contribution in [3.8, 4) is 0 Å². The molecule has 2 aromatic rings. The van der Waals surface area contributed by atoms with E-state index in [2.05, 4.69) is 15.0 Å². The summed E-state index contributed by atoms with van der Waals surface area (Å²) in [6, 6.07) is 0. The van der Waals surface area contributed by atoms with Crippen LogP contribution in [-0.2, 0) is 11.2 Å². The highest BCUT2D eigenvalue weighted by Gasteiger charge is 2.21. The molecule has 8 nitrogen and oxygen atoms in total. The normalized spacial score (nSPS) is 15.5. The van der Waals surface area contributed by atoms with E-state index in [1.165, 1.54) is 20.0 Å². The van der Waals surface area contributed by atoms with E-state index < -0.39 is 16.9 Å². The third-order valence-electron chi connectivity index (χ3n) is 4.45. The fourth-order valence-corrected chi connectivity index (χ4v) is 3.33. The lowest BCUT2D eigenvalue weighted by Crippen LogP contribution is -2.24. The summed E-state index contributed by atoms with van der Waals surface area (Å²) in [5, 5.41) is 0.162. The lowest BCUT2D eigenvalue weighted by Gasteiger charge is -2.11. The fourth-order valence-electron chi connectivity index (χ4n) is 3.33. The highest BCUT2D eigenvalue weighted by molar-refractivity contribution is 5.81. The number of aromatic amines is 2. The van der Waals surface area contributed by atoms with Gasteiger partial charge in [0.2, 0.25) is 5.71 Å². The number of fused-ring (bicyclic) bond motifs is 1. The van der Waals surface area contributed by atoms with Gasteiger partial charge < -0.3 is 9.15 Å². The van der Waals surface area contributed by atoms with Crippen molar-refractivity contribution in [3.63, 3.8) is 0 Å². The second kappa shape index (κ2) is 6.86. The number of rotatable bonds is 5. The van der Waals surface area contributed by atoms with Crippen LogP contribution in [0.5, 0.6) is 0 Å². The molecule has 0 radical (unpaired) electrons. The van der Waals surface area contributed by atoms with E-state index in [0.29, 0.717) is 17.9 Å². The average Bonchev–Trinajstić information content (AvgIpc) is 3.04. The van der Waals surface area contributed by atoms with Crippen molar-refractivity contribution in [2.24, 2.45) is 10.9 Å². The third-order valence-corrected chi connectivity index (χ3v) is 4.45. The first-order valence-corrected chi connectivity index (χ1v) is 7.97. The van der Waals surface area contributed by atoms with Gasteiger partial charge in [0.25, 0.3) is 5.56 Å². The summed E-state index contributed by atoms with van der Waals surface area (Å²) >= 11 is 0. The molecule has 0 aromatic carbocycles. The van der Waals surface area contributed by atoms with Crippen LogP contribution in [0.1, 0.15) is 37.7 Å². The van der Waals surface area contributed by atoms with Crippen molar-refractivity contribution < 1.29 is 9.15 Å². The highest BCUT2D eigenvalue weighted by atomic mass is 16.5. The Bertz CT molecular complexity index is 931. The Hall–Kier alpha value is -2.64. The molecule has 8 heteroatoms. The average molecular weight is 333 g/mol. The van der Waals surface area contributed by atoms with Crippen molar-refractivity contribution in [1.82, 2.24) is 9.97 Å². The summed E-state index contributed by atoms with van der Waals surface area (Å²) < 4.78 is 9.84. The van der Waals surface area contributed by atoms with E-state index in [-0.39, 0.29) is 16.8 Å². The van der Waals surface area contributed by atoms with Crippen molar-refractivity contribution in [2.45, 2.75) is 38.5 Å². The van der Waals surface area contributed by atoms with Crippen molar-refractivity contribution in [3.05, 3.63) is 36.8 Å². The van der Waals surface area contributed by atoms with E-state index in [1.807, 2.05) is 0 Å². The van der Waals surface area contributed by atoms with Crippen LogP contribution in [0.3, 0.4) is 0 Å².